The van der Waals surface area contributed by atoms with Crippen LogP contribution in [0.25, 0.3) is 0 Å². The van der Waals surface area contributed by atoms with Gasteiger partial charge in [-0.25, -0.2) is 0 Å². The Bertz CT molecular complexity index is 335. The van der Waals surface area contributed by atoms with Crippen LogP contribution in [-0.4, -0.2) is 18.0 Å². The van der Waals surface area contributed by atoms with Crippen molar-refractivity contribution in [3.05, 3.63) is 35.4 Å². The highest BCUT2D eigenvalue weighted by Crippen LogP contribution is 2.21. The highest BCUT2D eigenvalue weighted by Gasteiger charge is 2.21. The molecule has 1 aliphatic rings. The van der Waals surface area contributed by atoms with Gasteiger partial charge in [0.25, 0.3) is 0 Å². The van der Waals surface area contributed by atoms with Gasteiger partial charge in [-0.3, -0.25) is 4.90 Å². The molecule has 1 aliphatic heterocycles. The van der Waals surface area contributed by atoms with Crippen molar-refractivity contribution in [2.75, 3.05) is 13.1 Å². The van der Waals surface area contributed by atoms with Crippen LogP contribution in [0, 0.1) is 5.92 Å². The van der Waals surface area contributed by atoms with Crippen LogP contribution in [-0.2, 0) is 13.1 Å². The number of nitrogens with zero attached hydrogens (tertiary/aromatic N) is 1. The van der Waals surface area contributed by atoms with Crippen LogP contribution >= 0.6 is 0 Å². The third kappa shape index (κ3) is 2.63. The van der Waals surface area contributed by atoms with Crippen LogP contribution in [0.2, 0.25) is 0 Å². The van der Waals surface area contributed by atoms with E-state index in [2.05, 4.69) is 36.1 Å². The molecule has 1 heterocycles. The predicted octanol–water partition coefficient (Wildman–Crippen LogP) is 2.38. The Morgan fingerprint density at radius 3 is 2.69 bits per heavy atom. The molecule has 2 N–H and O–H groups in total. The van der Waals surface area contributed by atoms with Crippen LogP contribution in [0.1, 0.15) is 30.9 Å². The smallest absolute Gasteiger partial charge is 0.0237 e. The van der Waals surface area contributed by atoms with E-state index in [1.807, 2.05) is 0 Å². The first-order valence-corrected chi connectivity index (χ1v) is 6.32. The molecule has 1 aromatic carbocycles. The second-order valence-corrected chi connectivity index (χ2v) is 4.77. The summed E-state index contributed by atoms with van der Waals surface area (Å²) in [6, 6.07) is 8.54. The number of benzene rings is 1. The average Bonchev–Trinajstić information content (AvgIpc) is 2.77. The molecule has 1 fully saturated rings. The lowest BCUT2D eigenvalue weighted by Crippen LogP contribution is -2.21. The fourth-order valence-electron chi connectivity index (χ4n) is 2.54. The van der Waals surface area contributed by atoms with Crippen molar-refractivity contribution in [1.82, 2.24) is 4.90 Å². The summed E-state index contributed by atoms with van der Waals surface area (Å²) in [5.74, 6) is 0.907. The maximum atomic E-state index is 5.76. The Labute approximate surface area is 98.4 Å². The summed E-state index contributed by atoms with van der Waals surface area (Å²) >= 11 is 0. The number of hydrogen-bond donors (Lipinski definition) is 1. The molecule has 2 nitrogen and oxygen atoms in total. The Hall–Kier alpha value is -0.860. The third-order valence-electron chi connectivity index (χ3n) is 3.68. The molecule has 16 heavy (non-hydrogen) atoms. The number of hydrogen-bond acceptors (Lipinski definition) is 2. The van der Waals surface area contributed by atoms with Crippen molar-refractivity contribution in [2.45, 2.75) is 32.9 Å². The van der Waals surface area contributed by atoms with E-state index in [1.54, 1.807) is 0 Å². The molecule has 0 amide bonds. The van der Waals surface area contributed by atoms with Crippen LogP contribution in [0.15, 0.2) is 24.3 Å². The van der Waals surface area contributed by atoms with Gasteiger partial charge in [0.15, 0.2) is 0 Å². The molecule has 0 saturated carbocycles. The van der Waals surface area contributed by atoms with Gasteiger partial charge in [-0.05, 0) is 30.0 Å². The average molecular weight is 218 g/mol. The lowest BCUT2D eigenvalue weighted by Gasteiger charge is -2.17. The number of likely N-dealkylation sites (tertiary alicyclic amines) is 1. The summed E-state index contributed by atoms with van der Waals surface area (Å²) in [5, 5.41) is 0. The van der Waals surface area contributed by atoms with E-state index in [4.69, 9.17) is 5.73 Å². The zero-order valence-corrected chi connectivity index (χ0v) is 10.2. The van der Waals surface area contributed by atoms with Crippen molar-refractivity contribution in [1.29, 1.82) is 0 Å². The zero-order chi connectivity index (χ0) is 11.4. The first kappa shape index (κ1) is 11.6. The lowest BCUT2D eigenvalue weighted by atomic mass is 10.1. The van der Waals surface area contributed by atoms with E-state index < -0.39 is 0 Å². The van der Waals surface area contributed by atoms with Crippen LogP contribution in [0.4, 0.5) is 0 Å². The molecule has 0 aliphatic carbocycles. The summed E-state index contributed by atoms with van der Waals surface area (Å²) < 4.78 is 0. The van der Waals surface area contributed by atoms with Crippen LogP contribution in [0.5, 0.6) is 0 Å². The fourth-order valence-corrected chi connectivity index (χ4v) is 2.54. The molecular weight excluding hydrogens is 196 g/mol. The van der Waals surface area contributed by atoms with Gasteiger partial charge in [0.05, 0.1) is 0 Å². The van der Waals surface area contributed by atoms with Gasteiger partial charge >= 0.3 is 0 Å². The van der Waals surface area contributed by atoms with Gasteiger partial charge in [-0.2, -0.15) is 0 Å². The fraction of sp³-hybridized carbons (Fsp3) is 0.571. The Morgan fingerprint density at radius 1 is 1.31 bits per heavy atom. The van der Waals surface area contributed by atoms with E-state index in [0.717, 1.165) is 12.5 Å². The summed E-state index contributed by atoms with van der Waals surface area (Å²) in [6.45, 7) is 6.53. The van der Waals surface area contributed by atoms with Crippen molar-refractivity contribution >= 4 is 0 Å². The maximum absolute atomic E-state index is 5.76. The Balaban J connectivity index is 1.99. The topological polar surface area (TPSA) is 29.3 Å². The van der Waals surface area contributed by atoms with Gasteiger partial charge < -0.3 is 5.73 Å². The van der Waals surface area contributed by atoms with Crippen molar-refractivity contribution in [2.24, 2.45) is 11.7 Å². The summed E-state index contributed by atoms with van der Waals surface area (Å²) in [6.07, 6.45) is 2.68. The predicted molar refractivity (Wildman–Crippen MR) is 68.0 cm³/mol. The quantitative estimate of drug-likeness (QED) is 0.840. The number of nitrogens with two attached hydrogens (primary N) is 1. The first-order chi connectivity index (χ1) is 7.83. The minimum atomic E-state index is 0.654. The van der Waals surface area contributed by atoms with E-state index >= 15 is 0 Å². The molecule has 0 aromatic heterocycles. The van der Waals surface area contributed by atoms with E-state index in [9.17, 15) is 0 Å². The Morgan fingerprint density at radius 2 is 2.06 bits per heavy atom. The van der Waals surface area contributed by atoms with E-state index in [-0.39, 0.29) is 0 Å². The molecule has 2 rings (SSSR count). The molecule has 0 bridgehead atoms. The first-order valence-electron chi connectivity index (χ1n) is 6.32. The number of rotatable bonds is 4. The molecule has 1 saturated heterocycles. The van der Waals surface area contributed by atoms with Crippen molar-refractivity contribution in [3.63, 3.8) is 0 Å². The minimum absolute atomic E-state index is 0.654. The SMILES string of the molecule is CCC1CCN(Cc2ccccc2CN)C1. The maximum Gasteiger partial charge on any atom is 0.0237 e. The highest BCUT2D eigenvalue weighted by molar-refractivity contribution is 5.26. The van der Waals surface area contributed by atoms with Gasteiger partial charge in [0, 0.05) is 19.6 Å². The van der Waals surface area contributed by atoms with Crippen molar-refractivity contribution in [3.8, 4) is 0 Å². The molecule has 1 atom stereocenters. The van der Waals surface area contributed by atoms with E-state index in [0.29, 0.717) is 6.54 Å². The molecule has 0 spiro atoms. The molecular formula is C14H22N2. The van der Waals surface area contributed by atoms with Gasteiger partial charge in [0.2, 0.25) is 0 Å². The molecule has 88 valence electrons. The molecule has 0 radical (unpaired) electrons. The van der Waals surface area contributed by atoms with Gasteiger partial charge in [-0.15, -0.1) is 0 Å². The molecule has 1 aromatic rings. The highest BCUT2D eigenvalue weighted by atomic mass is 15.1. The van der Waals surface area contributed by atoms with Crippen LogP contribution < -0.4 is 5.73 Å². The van der Waals surface area contributed by atoms with Gasteiger partial charge in [0.1, 0.15) is 0 Å². The minimum Gasteiger partial charge on any atom is -0.326 e. The normalized spacial score (nSPS) is 21.5. The lowest BCUT2D eigenvalue weighted by molar-refractivity contribution is 0.314. The summed E-state index contributed by atoms with van der Waals surface area (Å²) in [5.41, 5.74) is 8.46. The standard InChI is InChI=1S/C14H22N2/c1-2-12-7-8-16(10-12)11-14-6-4-3-5-13(14)9-15/h3-6,12H,2,7-11,15H2,1H3. The van der Waals surface area contributed by atoms with Crippen LogP contribution in [0.3, 0.4) is 0 Å². The summed E-state index contributed by atoms with van der Waals surface area (Å²) in [4.78, 5) is 2.56. The zero-order valence-electron chi connectivity index (χ0n) is 10.2. The monoisotopic (exact) mass is 218 g/mol. The second-order valence-electron chi connectivity index (χ2n) is 4.77. The molecule has 1 unspecified atom stereocenters. The molecule has 2 heteroatoms. The summed E-state index contributed by atoms with van der Waals surface area (Å²) in [7, 11) is 0. The second kappa shape index (κ2) is 5.46. The van der Waals surface area contributed by atoms with Gasteiger partial charge in [-0.1, -0.05) is 37.6 Å². The third-order valence-corrected chi connectivity index (χ3v) is 3.68. The Kier molecular flexibility index (Phi) is 3.97. The van der Waals surface area contributed by atoms with Crippen molar-refractivity contribution < 1.29 is 0 Å². The van der Waals surface area contributed by atoms with E-state index in [1.165, 1.54) is 37.1 Å². The largest absolute Gasteiger partial charge is 0.326 e.